The van der Waals surface area contributed by atoms with Gasteiger partial charge in [-0.05, 0) is 73.2 Å². The summed E-state index contributed by atoms with van der Waals surface area (Å²) in [7, 11) is 0. The van der Waals surface area contributed by atoms with Gasteiger partial charge >= 0.3 is 5.97 Å². The maximum absolute atomic E-state index is 14.2. The summed E-state index contributed by atoms with van der Waals surface area (Å²) in [5.41, 5.74) is -1.90. The minimum Gasteiger partial charge on any atom is -0.481 e. The fourth-order valence-electron chi connectivity index (χ4n) is 9.23. The second-order valence-electron chi connectivity index (χ2n) is 14.2. The number of rotatable bonds is 1. The molecule has 0 spiro atoms. The van der Waals surface area contributed by atoms with Crippen LogP contribution in [0.4, 0.5) is 0 Å². The highest BCUT2D eigenvalue weighted by Gasteiger charge is 2.71. The zero-order valence-corrected chi connectivity index (χ0v) is 22.8. The molecule has 0 aromatic heterocycles. The molecule has 5 atom stereocenters. The topological polar surface area (TPSA) is 75.8 Å². The summed E-state index contributed by atoms with van der Waals surface area (Å²) in [6.45, 7) is 22.5. The van der Waals surface area contributed by atoms with Gasteiger partial charge in [-0.1, -0.05) is 60.1 Å². The molecule has 5 nitrogen and oxygen atoms in total. The third-order valence-corrected chi connectivity index (χ3v) is 11.6. The smallest absolute Gasteiger partial charge is 0.310 e. The molecule has 5 aliphatic rings. The third kappa shape index (κ3) is 2.85. The standard InChI is InChI=1S/C31H39NO4/c1-26(2)11-13-31(25(35)36)14-12-30(7)23(18(31)16-26)20(33)15-22-28(5)17-19(32-8)24(34)27(3,4)21(28)9-10-29(22,30)6/h15,17,21H,9-14,16H2,1-7H3,(H,35,36)/t21-,28-,29+,30+,31-/m0/s1. The van der Waals surface area contributed by atoms with Crippen molar-refractivity contribution >= 4 is 17.5 Å². The number of aliphatic carboxylic acids is 1. The van der Waals surface area contributed by atoms with Gasteiger partial charge in [0.25, 0.3) is 0 Å². The molecule has 0 saturated heterocycles. The first-order valence-corrected chi connectivity index (χ1v) is 13.4. The highest BCUT2D eigenvalue weighted by atomic mass is 16.4. The summed E-state index contributed by atoms with van der Waals surface area (Å²) in [5, 5.41) is 10.5. The van der Waals surface area contributed by atoms with Crippen LogP contribution in [0.2, 0.25) is 0 Å². The van der Waals surface area contributed by atoms with Crippen LogP contribution in [0.5, 0.6) is 0 Å². The Bertz CT molecular complexity index is 1180. The molecule has 5 rings (SSSR count). The molecule has 3 saturated carbocycles. The fraction of sp³-hybridized carbons (Fsp3) is 0.677. The molecule has 0 aromatic rings. The van der Waals surface area contributed by atoms with E-state index in [1.165, 1.54) is 0 Å². The van der Waals surface area contributed by atoms with Crippen molar-refractivity contribution in [2.24, 2.45) is 38.4 Å². The van der Waals surface area contributed by atoms with Crippen LogP contribution in [0.1, 0.15) is 93.4 Å². The van der Waals surface area contributed by atoms with Crippen molar-refractivity contribution in [3.05, 3.63) is 46.7 Å². The summed E-state index contributed by atoms with van der Waals surface area (Å²) < 4.78 is 0. The lowest BCUT2D eigenvalue weighted by molar-refractivity contribution is -0.155. The van der Waals surface area contributed by atoms with E-state index in [-0.39, 0.29) is 34.0 Å². The number of nitrogens with zero attached hydrogens (tertiary/aromatic N) is 1. The first-order chi connectivity index (χ1) is 16.5. The summed E-state index contributed by atoms with van der Waals surface area (Å²) >= 11 is 0. The van der Waals surface area contributed by atoms with Gasteiger partial charge in [0, 0.05) is 16.7 Å². The van der Waals surface area contributed by atoms with E-state index in [1.54, 1.807) is 6.08 Å². The number of carbonyl (C=O) groups excluding carboxylic acids is 2. The van der Waals surface area contributed by atoms with Gasteiger partial charge in [-0.25, -0.2) is 4.85 Å². The van der Waals surface area contributed by atoms with Crippen molar-refractivity contribution in [1.29, 1.82) is 0 Å². The van der Waals surface area contributed by atoms with E-state index in [2.05, 4.69) is 39.5 Å². The molecule has 0 amide bonds. The molecule has 0 aromatic carbocycles. The Morgan fingerprint density at radius 2 is 1.61 bits per heavy atom. The quantitative estimate of drug-likeness (QED) is 0.423. The Morgan fingerprint density at radius 3 is 2.22 bits per heavy atom. The number of carboxylic acid groups (broad SMARTS) is 1. The van der Waals surface area contributed by atoms with E-state index in [4.69, 9.17) is 6.57 Å². The summed E-state index contributed by atoms with van der Waals surface area (Å²) in [4.78, 5) is 43.7. The second-order valence-corrected chi connectivity index (χ2v) is 14.2. The predicted molar refractivity (Wildman–Crippen MR) is 137 cm³/mol. The predicted octanol–water partition coefficient (Wildman–Crippen LogP) is 6.56. The van der Waals surface area contributed by atoms with Gasteiger partial charge in [0.05, 0.1) is 17.9 Å². The Balaban J connectivity index is 1.71. The van der Waals surface area contributed by atoms with Crippen LogP contribution < -0.4 is 0 Å². The first-order valence-electron chi connectivity index (χ1n) is 13.4. The third-order valence-electron chi connectivity index (χ3n) is 11.6. The van der Waals surface area contributed by atoms with E-state index in [9.17, 15) is 19.5 Å². The highest BCUT2D eigenvalue weighted by Crippen LogP contribution is 2.75. The van der Waals surface area contributed by atoms with E-state index in [1.807, 2.05) is 19.9 Å². The largest absolute Gasteiger partial charge is 0.481 e. The molecule has 0 bridgehead atoms. The second kappa shape index (κ2) is 7.21. The highest BCUT2D eigenvalue weighted by molar-refractivity contribution is 6.09. The lowest BCUT2D eigenvalue weighted by Crippen LogP contribution is -2.64. The maximum Gasteiger partial charge on any atom is 0.310 e. The molecule has 1 N–H and O–H groups in total. The van der Waals surface area contributed by atoms with Crippen LogP contribution in [0.15, 0.2) is 23.4 Å². The van der Waals surface area contributed by atoms with Crippen LogP contribution in [-0.2, 0) is 14.4 Å². The minimum absolute atomic E-state index is 0.00300. The summed E-state index contributed by atoms with van der Waals surface area (Å²) in [5.74, 6) is 0.667. The van der Waals surface area contributed by atoms with Crippen LogP contribution in [0.25, 0.3) is 4.85 Å². The number of allylic oxidation sites excluding steroid dienone is 4. The van der Waals surface area contributed by atoms with Crippen LogP contribution in [0.3, 0.4) is 0 Å². The van der Waals surface area contributed by atoms with Crippen LogP contribution >= 0.6 is 0 Å². The molecule has 2 radical (unpaired) electrons. The molecule has 5 heteroatoms. The maximum atomic E-state index is 14.2. The molecule has 3 fully saturated rings. The van der Waals surface area contributed by atoms with Gasteiger partial charge in [-0.2, -0.15) is 0 Å². The van der Waals surface area contributed by atoms with Crippen molar-refractivity contribution in [2.45, 2.75) is 93.4 Å². The number of Topliss-reactive ketones (excluding diaryl/α,β-unsaturated/α-hetero) is 1. The van der Waals surface area contributed by atoms with Gasteiger partial charge in [0.2, 0.25) is 5.70 Å². The van der Waals surface area contributed by atoms with Gasteiger partial charge < -0.3 is 9.90 Å². The van der Waals surface area contributed by atoms with Crippen molar-refractivity contribution in [3.63, 3.8) is 0 Å². The lowest BCUT2D eigenvalue weighted by Gasteiger charge is -2.68. The minimum atomic E-state index is -0.945. The van der Waals surface area contributed by atoms with E-state index in [0.29, 0.717) is 25.7 Å². The summed E-state index contributed by atoms with van der Waals surface area (Å²) in [6.07, 6.45) is 8.57. The van der Waals surface area contributed by atoms with Crippen molar-refractivity contribution < 1.29 is 19.5 Å². The number of carboxylic acids is 1. The molecule has 5 aliphatic carbocycles. The average molecular weight is 490 g/mol. The van der Waals surface area contributed by atoms with E-state index < -0.39 is 27.6 Å². The number of fused-ring (bicyclic) bond motifs is 7. The van der Waals surface area contributed by atoms with Crippen molar-refractivity contribution in [1.82, 2.24) is 0 Å². The normalized spacial score (nSPS) is 43.7. The molecular formula is C31H39NO4. The van der Waals surface area contributed by atoms with Gasteiger partial charge in [0.1, 0.15) is 0 Å². The summed E-state index contributed by atoms with van der Waals surface area (Å²) in [6, 6.07) is 0. The number of ketones is 2. The Kier molecular flexibility index (Phi) is 5.09. The van der Waals surface area contributed by atoms with Crippen LogP contribution in [0, 0.1) is 56.8 Å². The molecule has 0 aliphatic heterocycles. The Labute approximate surface area is 215 Å². The average Bonchev–Trinajstić information content (AvgIpc) is 2.77. The van der Waals surface area contributed by atoms with Gasteiger partial charge in [0.15, 0.2) is 11.6 Å². The van der Waals surface area contributed by atoms with E-state index in [0.717, 1.165) is 36.7 Å². The SMILES string of the molecule is [C-]#[N+]C1=C[C@]2(C)C3=CC(=O)[C]4[C]5CC(C)(C)CC[C@]5(C(=O)O)CC[C@@]4(C)[C@]3(C)CC[C@H]2C(C)(C)C1=O. The lowest BCUT2D eigenvalue weighted by atomic mass is 9.34. The molecule has 0 heterocycles. The Hall–Kier alpha value is -2.22. The van der Waals surface area contributed by atoms with Gasteiger partial charge in [-0.15, -0.1) is 0 Å². The number of carbonyl (C=O) groups is 3. The van der Waals surface area contributed by atoms with Gasteiger partial charge in [-0.3, -0.25) is 9.59 Å². The Morgan fingerprint density at radius 1 is 0.972 bits per heavy atom. The molecular weight excluding hydrogens is 450 g/mol. The zero-order chi connectivity index (χ0) is 26.7. The van der Waals surface area contributed by atoms with Crippen molar-refractivity contribution in [2.75, 3.05) is 0 Å². The van der Waals surface area contributed by atoms with E-state index >= 15 is 0 Å². The fourth-order valence-corrected chi connectivity index (χ4v) is 9.23. The molecule has 192 valence electrons. The monoisotopic (exact) mass is 489 g/mol. The van der Waals surface area contributed by atoms with Crippen LogP contribution in [-0.4, -0.2) is 22.6 Å². The number of hydrogen-bond acceptors (Lipinski definition) is 3. The first kappa shape index (κ1) is 25.4. The molecule has 36 heavy (non-hydrogen) atoms. The molecule has 0 unspecified atom stereocenters. The number of hydrogen-bond donors (Lipinski definition) is 1. The zero-order valence-electron chi connectivity index (χ0n) is 22.8. The van der Waals surface area contributed by atoms with Crippen molar-refractivity contribution in [3.8, 4) is 0 Å².